The van der Waals surface area contributed by atoms with Gasteiger partial charge in [0.2, 0.25) is 0 Å². The van der Waals surface area contributed by atoms with Crippen molar-refractivity contribution in [2.24, 2.45) is 0 Å². The van der Waals surface area contributed by atoms with Gasteiger partial charge in [-0.25, -0.2) is 19.2 Å². The third-order valence-corrected chi connectivity index (χ3v) is 3.15. The SMILES string of the molecule is CC(C)(C)OC(=O)N1CCC(c2ncc(F)cn2)CC1. The Hall–Kier alpha value is -1.72. The molecule has 110 valence electrons. The van der Waals surface area contributed by atoms with Gasteiger partial charge in [0.1, 0.15) is 11.4 Å². The fourth-order valence-electron chi connectivity index (χ4n) is 2.18. The van der Waals surface area contributed by atoms with Crippen molar-refractivity contribution in [1.82, 2.24) is 14.9 Å². The van der Waals surface area contributed by atoms with Gasteiger partial charge in [-0.15, -0.1) is 0 Å². The molecule has 0 unspecified atom stereocenters. The van der Waals surface area contributed by atoms with E-state index in [1.54, 1.807) is 4.90 Å². The van der Waals surface area contributed by atoms with Crippen molar-refractivity contribution >= 4 is 6.09 Å². The number of piperidine rings is 1. The number of halogens is 1. The summed E-state index contributed by atoms with van der Waals surface area (Å²) in [6, 6.07) is 0. The van der Waals surface area contributed by atoms with Gasteiger partial charge in [0.25, 0.3) is 0 Å². The summed E-state index contributed by atoms with van der Waals surface area (Å²) in [5.74, 6) is 0.393. The highest BCUT2D eigenvalue weighted by atomic mass is 19.1. The summed E-state index contributed by atoms with van der Waals surface area (Å²) in [4.78, 5) is 21.6. The lowest BCUT2D eigenvalue weighted by Crippen LogP contribution is -2.41. The van der Waals surface area contributed by atoms with E-state index in [9.17, 15) is 9.18 Å². The fourth-order valence-corrected chi connectivity index (χ4v) is 2.18. The zero-order valence-electron chi connectivity index (χ0n) is 12.1. The van der Waals surface area contributed by atoms with E-state index in [4.69, 9.17) is 4.74 Å². The minimum absolute atomic E-state index is 0.175. The first-order valence-corrected chi connectivity index (χ1v) is 6.80. The van der Waals surface area contributed by atoms with E-state index in [2.05, 4.69) is 9.97 Å². The van der Waals surface area contributed by atoms with Crippen LogP contribution in [0.1, 0.15) is 45.4 Å². The number of carbonyl (C=O) groups excluding carboxylic acids is 1. The molecule has 1 fully saturated rings. The molecule has 1 saturated heterocycles. The first-order valence-electron chi connectivity index (χ1n) is 6.80. The normalized spacial score (nSPS) is 17.1. The number of carbonyl (C=O) groups is 1. The standard InChI is InChI=1S/C14H20FN3O2/c1-14(2,3)20-13(19)18-6-4-10(5-7-18)12-16-8-11(15)9-17-12/h8-10H,4-7H2,1-3H3. The van der Waals surface area contributed by atoms with Crippen LogP contribution in [0.4, 0.5) is 9.18 Å². The second-order valence-electron chi connectivity index (χ2n) is 6.00. The Labute approximate surface area is 118 Å². The van der Waals surface area contributed by atoms with E-state index >= 15 is 0 Å². The summed E-state index contributed by atoms with van der Waals surface area (Å²) in [5, 5.41) is 0. The Morgan fingerprint density at radius 2 is 1.85 bits per heavy atom. The molecule has 2 heterocycles. The molecule has 1 aromatic heterocycles. The van der Waals surface area contributed by atoms with Gasteiger partial charge in [-0.2, -0.15) is 0 Å². The maximum atomic E-state index is 12.8. The van der Waals surface area contributed by atoms with Gasteiger partial charge in [-0.3, -0.25) is 0 Å². The molecular weight excluding hydrogens is 261 g/mol. The van der Waals surface area contributed by atoms with Crippen molar-refractivity contribution in [3.05, 3.63) is 24.0 Å². The van der Waals surface area contributed by atoms with Crippen LogP contribution in [-0.4, -0.2) is 39.7 Å². The Balaban J connectivity index is 1.89. The average Bonchev–Trinajstić information content (AvgIpc) is 2.38. The van der Waals surface area contributed by atoms with Gasteiger partial charge in [0.15, 0.2) is 5.82 Å². The Morgan fingerprint density at radius 3 is 2.35 bits per heavy atom. The second kappa shape index (κ2) is 5.73. The summed E-state index contributed by atoms with van der Waals surface area (Å²) in [6.07, 6.45) is 3.62. The molecular formula is C14H20FN3O2. The zero-order chi connectivity index (χ0) is 14.8. The molecule has 0 spiro atoms. The third-order valence-electron chi connectivity index (χ3n) is 3.15. The van der Waals surface area contributed by atoms with Crippen molar-refractivity contribution in [2.75, 3.05) is 13.1 Å². The van der Waals surface area contributed by atoms with Gasteiger partial charge in [-0.05, 0) is 33.6 Å². The number of rotatable bonds is 1. The lowest BCUT2D eigenvalue weighted by Gasteiger charge is -2.32. The molecule has 6 heteroatoms. The minimum atomic E-state index is -0.478. The Morgan fingerprint density at radius 1 is 1.30 bits per heavy atom. The van der Waals surface area contributed by atoms with E-state index in [1.807, 2.05) is 20.8 Å². The van der Waals surface area contributed by atoms with Crippen molar-refractivity contribution in [2.45, 2.75) is 45.1 Å². The molecule has 1 aliphatic rings. The highest BCUT2D eigenvalue weighted by Gasteiger charge is 2.28. The summed E-state index contributed by atoms with van der Waals surface area (Å²) < 4.78 is 18.1. The molecule has 1 aliphatic heterocycles. The van der Waals surface area contributed by atoms with E-state index in [-0.39, 0.29) is 12.0 Å². The summed E-state index contributed by atoms with van der Waals surface area (Å²) in [7, 11) is 0. The van der Waals surface area contributed by atoms with Crippen LogP contribution in [0.2, 0.25) is 0 Å². The maximum absolute atomic E-state index is 12.8. The summed E-state index contributed by atoms with van der Waals surface area (Å²) in [6.45, 7) is 6.78. The fraction of sp³-hybridized carbons (Fsp3) is 0.643. The lowest BCUT2D eigenvalue weighted by atomic mass is 9.96. The number of aromatic nitrogens is 2. The maximum Gasteiger partial charge on any atom is 0.410 e. The van der Waals surface area contributed by atoms with Gasteiger partial charge in [-0.1, -0.05) is 0 Å². The molecule has 0 aliphatic carbocycles. The van der Waals surface area contributed by atoms with E-state index in [1.165, 1.54) is 12.4 Å². The molecule has 5 nitrogen and oxygen atoms in total. The quantitative estimate of drug-likeness (QED) is 0.794. The Kier molecular flexibility index (Phi) is 4.20. The second-order valence-corrected chi connectivity index (χ2v) is 6.00. The topological polar surface area (TPSA) is 55.3 Å². The first kappa shape index (κ1) is 14.7. The number of hydrogen-bond acceptors (Lipinski definition) is 4. The van der Waals surface area contributed by atoms with Gasteiger partial charge in [0, 0.05) is 19.0 Å². The first-order chi connectivity index (χ1) is 9.35. The predicted molar refractivity (Wildman–Crippen MR) is 71.8 cm³/mol. The number of ether oxygens (including phenoxy) is 1. The number of amides is 1. The molecule has 0 saturated carbocycles. The van der Waals surface area contributed by atoms with Crippen LogP contribution in [-0.2, 0) is 4.74 Å². The van der Waals surface area contributed by atoms with Crippen molar-refractivity contribution in [3.8, 4) is 0 Å². The molecule has 0 radical (unpaired) electrons. The van der Waals surface area contributed by atoms with Gasteiger partial charge >= 0.3 is 6.09 Å². The van der Waals surface area contributed by atoms with Crippen molar-refractivity contribution < 1.29 is 13.9 Å². The summed E-state index contributed by atoms with van der Waals surface area (Å²) >= 11 is 0. The monoisotopic (exact) mass is 281 g/mol. The van der Waals surface area contributed by atoms with E-state index in [0.29, 0.717) is 18.9 Å². The molecule has 0 N–H and O–H groups in total. The van der Waals surface area contributed by atoms with Crippen LogP contribution < -0.4 is 0 Å². The highest BCUT2D eigenvalue weighted by Crippen LogP contribution is 2.26. The molecule has 1 amide bonds. The molecule has 0 bridgehead atoms. The third kappa shape index (κ3) is 3.88. The number of hydrogen-bond donors (Lipinski definition) is 0. The van der Waals surface area contributed by atoms with Gasteiger partial charge in [0.05, 0.1) is 12.4 Å². The van der Waals surface area contributed by atoms with Crippen LogP contribution in [0, 0.1) is 5.82 Å². The molecule has 2 rings (SSSR count). The van der Waals surface area contributed by atoms with Crippen LogP contribution in [0.3, 0.4) is 0 Å². The zero-order valence-corrected chi connectivity index (χ0v) is 12.1. The minimum Gasteiger partial charge on any atom is -0.444 e. The van der Waals surface area contributed by atoms with Gasteiger partial charge < -0.3 is 9.64 Å². The van der Waals surface area contributed by atoms with E-state index < -0.39 is 11.4 Å². The van der Waals surface area contributed by atoms with Crippen LogP contribution in [0.15, 0.2) is 12.4 Å². The molecule has 0 atom stereocenters. The lowest BCUT2D eigenvalue weighted by molar-refractivity contribution is 0.0203. The van der Waals surface area contributed by atoms with Crippen molar-refractivity contribution in [3.63, 3.8) is 0 Å². The number of likely N-dealkylation sites (tertiary alicyclic amines) is 1. The average molecular weight is 281 g/mol. The molecule has 1 aromatic rings. The predicted octanol–water partition coefficient (Wildman–Crippen LogP) is 2.73. The van der Waals surface area contributed by atoms with Crippen LogP contribution >= 0.6 is 0 Å². The highest BCUT2D eigenvalue weighted by molar-refractivity contribution is 5.68. The van der Waals surface area contributed by atoms with Crippen LogP contribution in [0.5, 0.6) is 0 Å². The molecule has 0 aromatic carbocycles. The van der Waals surface area contributed by atoms with E-state index in [0.717, 1.165) is 12.8 Å². The van der Waals surface area contributed by atoms with Crippen LogP contribution in [0.25, 0.3) is 0 Å². The smallest absolute Gasteiger partial charge is 0.410 e. The summed E-state index contributed by atoms with van der Waals surface area (Å²) in [5.41, 5.74) is -0.478. The Bertz CT molecular complexity index is 462. The number of nitrogens with zero attached hydrogens (tertiary/aromatic N) is 3. The van der Waals surface area contributed by atoms with Crippen molar-refractivity contribution in [1.29, 1.82) is 0 Å². The largest absolute Gasteiger partial charge is 0.444 e. The molecule has 20 heavy (non-hydrogen) atoms.